The van der Waals surface area contributed by atoms with Crippen LogP contribution in [0.2, 0.25) is 0 Å². The van der Waals surface area contributed by atoms with Gasteiger partial charge in [-0.25, -0.2) is 0 Å². The van der Waals surface area contributed by atoms with Crippen LogP contribution >= 0.6 is 0 Å². The Kier molecular flexibility index (Phi) is 7.04. The topological polar surface area (TPSA) is 16.4 Å². The van der Waals surface area contributed by atoms with E-state index in [1.165, 1.54) is 101 Å². The third-order valence-electron chi connectivity index (χ3n) is 17.9. The van der Waals surface area contributed by atoms with Crippen molar-refractivity contribution in [3.63, 3.8) is 0 Å². The molecule has 63 heavy (non-hydrogen) atoms. The van der Waals surface area contributed by atoms with E-state index in [1.54, 1.807) is 11.1 Å². The van der Waals surface area contributed by atoms with Gasteiger partial charge in [0.2, 0.25) is 0 Å². The van der Waals surface area contributed by atoms with Crippen molar-refractivity contribution < 1.29 is 4.42 Å². The van der Waals surface area contributed by atoms with Gasteiger partial charge in [0.25, 0.3) is 0 Å². The van der Waals surface area contributed by atoms with Crippen LogP contribution in [0.25, 0.3) is 66.1 Å². The molecule has 9 aromatic rings. The van der Waals surface area contributed by atoms with E-state index >= 15 is 0 Å². The highest BCUT2D eigenvalue weighted by Crippen LogP contribution is 2.94. The minimum absolute atomic E-state index is 0.129. The zero-order chi connectivity index (χ0) is 41.0. The lowest BCUT2D eigenvalue weighted by molar-refractivity contribution is -0.412. The molecule has 1 aromatic heterocycles. The van der Waals surface area contributed by atoms with Gasteiger partial charge in [-0.1, -0.05) is 153 Å². The van der Waals surface area contributed by atoms with E-state index in [2.05, 4.69) is 175 Å². The Morgan fingerprint density at radius 1 is 0.492 bits per heavy atom. The standard InChI is InChI=1S/C61H49NO/c1-2-14-37(15-3-1)44-23-11-16-38-17-12-25-50(58(38)44)48-21-5-8-28-54(48)62(42-19-10-18-39(32-42)45-24-13-26-51-49-22-6-9-29-55(49)63-59(45)51)43-30-31-47-46-20-4-7-27-52(46)61(53(47)36-43)56-34-40-33-41-35-57(61)60(40,41)56/h4-13,16-32,36-37,40-41,56-57H,1-3,14-15,33-35H2. The van der Waals surface area contributed by atoms with Gasteiger partial charge >= 0.3 is 0 Å². The quantitative estimate of drug-likeness (QED) is 0.166. The highest BCUT2D eigenvalue weighted by atomic mass is 16.3. The molecule has 0 radical (unpaired) electrons. The number of nitrogens with zero attached hydrogens (tertiary/aromatic N) is 1. The van der Waals surface area contributed by atoms with Gasteiger partial charge in [0, 0.05) is 38.7 Å². The second kappa shape index (κ2) is 12.6. The molecule has 15 rings (SSSR count). The Balaban J connectivity index is 0.957. The number of furan rings is 1. The van der Waals surface area contributed by atoms with E-state index < -0.39 is 0 Å². The number of anilines is 3. The van der Waals surface area contributed by atoms with Gasteiger partial charge in [0.05, 0.1) is 5.69 Å². The summed E-state index contributed by atoms with van der Waals surface area (Å²) in [6.45, 7) is 0. The normalized spacial score (nSPS) is 26.0. The molecule has 4 unspecified atom stereocenters. The Morgan fingerprint density at radius 3 is 2.05 bits per heavy atom. The van der Waals surface area contributed by atoms with Crippen LogP contribution in [0.1, 0.15) is 74.0 Å². The summed E-state index contributed by atoms with van der Waals surface area (Å²) in [6, 6.07) is 64.7. The van der Waals surface area contributed by atoms with Gasteiger partial charge in [0.1, 0.15) is 11.2 Å². The summed E-state index contributed by atoms with van der Waals surface area (Å²) in [5, 5.41) is 5.08. The smallest absolute Gasteiger partial charge is 0.143 e. The maximum atomic E-state index is 6.65. The first-order valence-electron chi connectivity index (χ1n) is 23.9. The fourth-order valence-corrected chi connectivity index (χ4v) is 15.6. The summed E-state index contributed by atoms with van der Waals surface area (Å²) < 4.78 is 6.65. The molecule has 0 bridgehead atoms. The SMILES string of the molecule is c1cc(-c2cccc3c2oc2ccccc23)cc(N(c2ccc3c(c2)C2(c4ccccc4-3)C3CC4CC5CC2C453)c2ccccc2-c2cccc3cccc(C4CCCCC4)c23)c1. The van der Waals surface area contributed by atoms with Crippen LogP contribution in [0.15, 0.2) is 174 Å². The number of hydrogen-bond acceptors (Lipinski definition) is 2. The number of benzene rings is 8. The molecule has 5 saturated carbocycles. The van der Waals surface area contributed by atoms with Gasteiger partial charge in [-0.2, -0.15) is 0 Å². The van der Waals surface area contributed by atoms with Crippen LogP contribution in [0, 0.1) is 29.1 Å². The Labute approximate surface area is 369 Å². The van der Waals surface area contributed by atoms with E-state index in [0.717, 1.165) is 62.4 Å². The molecular weight excluding hydrogens is 763 g/mol. The molecule has 2 nitrogen and oxygen atoms in total. The lowest BCUT2D eigenvalue weighted by Crippen LogP contribution is -2.88. The summed E-state index contributed by atoms with van der Waals surface area (Å²) in [5.74, 6) is 4.08. The molecule has 2 heteroatoms. The van der Waals surface area contributed by atoms with Gasteiger partial charge < -0.3 is 9.32 Å². The monoisotopic (exact) mass is 811 g/mol. The van der Waals surface area contributed by atoms with Gasteiger partial charge in [-0.05, 0) is 153 Å². The van der Waals surface area contributed by atoms with Crippen molar-refractivity contribution in [1.29, 1.82) is 0 Å². The second-order valence-electron chi connectivity index (χ2n) is 20.1. The maximum absolute atomic E-state index is 6.65. The van der Waals surface area contributed by atoms with Crippen molar-refractivity contribution in [2.75, 3.05) is 4.90 Å². The zero-order valence-corrected chi connectivity index (χ0v) is 35.6. The lowest BCUT2D eigenvalue weighted by atomic mass is 9.11. The summed E-state index contributed by atoms with van der Waals surface area (Å²) in [6.07, 6.45) is 10.8. The zero-order valence-electron chi connectivity index (χ0n) is 35.6. The van der Waals surface area contributed by atoms with E-state index in [4.69, 9.17) is 4.42 Å². The van der Waals surface area contributed by atoms with Gasteiger partial charge in [-0.3, -0.25) is 0 Å². The van der Waals surface area contributed by atoms with Crippen LogP contribution in [0.4, 0.5) is 17.1 Å². The van der Waals surface area contributed by atoms with Crippen LogP contribution in [-0.2, 0) is 5.41 Å². The highest BCUT2D eigenvalue weighted by molar-refractivity contribution is 6.10. The maximum Gasteiger partial charge on any atom is 0.143 e. The van der Waals surface area contributed by atoms with E-state index in [0.29, 0.717) is 11.3 Å². The number of fused-ring (bicyclic) bond motifs is 11. The second-order valence-corrected chi connectivity index (χ2v) is 20.1. The summed E-state index contributed by atoms with van der Waals surface area (Å²) in [7, 11) is 0. The largest absolute Gasteiger partial charge is 0.455 e. The van der Waals surface area contributed by atoms with E-state index in [9.17, 15) is 0 Å². The minimum atomic E-state index is 0.129. The Bertz CT molecular complexity index is 3350. The van der Waals surface area contributed by atoms with Crippen LogP contribution in [0.5, 0.6) is 0 Å². The molecule has 6 aliphatic rings. The first-order chi connectivity index (χ1) is 31.2. The number of rotatable bonds is 6. The molecule has 5 fully saturated rings. The lowest BCUT2D eigenvalue weighted by Gasteiger charge is -2.92. The number of hydrogen-bond donors (Lipinski definition) is 0. The third-order valence-corrected chi connectivity index (χ3v) is 17.9. The molecule has 8 aromatic carbocycles. The van der Waals surface area contributed by atoms with Gasteiger partial charge in [-0.15, -0.1) is 0 Å². The van der Waals surface area contributed by atoms with Crippen molar-refractivity contribution in [1.82, 2.24) is 0 Å². The molecule has 0 saturated heterocycles. The molecular formula is C61H49NO. The van der Waals surface area contributed by atoms with Crippen LogP contribution < -0.4 is 4.90 Å². The first-order valence-corrected chi connectivity index (χ1v) is 23.9. The van der Waals surface area contributed by atoms with Crippen LogP contribution in [-0.4, -0.2) is 0 Å². The Morgan fingerprint density at radius 2 is 1.17 bits per heavy atom. The number of para-hydroxylation sites is 3. The predicted molar refractivity (Wildman–Crippen MR) is 259 cm³/mol. The van der Waals surface area contributed by atoms with Crippen molar-refractivity contribution in [2.45, 2.75) is 62.7 Å². The average Bonchev–Trinajstić information content (AvgIpc) is 3.85. The Hall–Kier alpha value is -6.38. The molecule has 0 amide bonds. The van der Waals surface area contributed by atoms with E-state index in [1.807, 2.05) is 0 Å². The van der Waals surface area contributed by atoms with E-state index in [-0.39, 0.29) is 5.41 Å². The fourth-order valence-electron chi connectivity index (χ4n) is 15.6. The molecule has 6 aliphatic carbocycles. The summed E-state index contributed by atoms with van der Waals surface area (Å²) in [5.41, 5.74) is 18.8. The first kappa shape index (κ1) is 35.1. The van der Waals surface area contributed by atoms with Crippen molar-refractivity contribution in [3.05, 3.63) is 187 Å². The molecule has 0 N–H and O–H groups in total. The molecule has 0 aliphatic heterocycles. The van der Waals surface area contributed by atoms with Crippen LogP contribution in [0.3, 0.4) is 0 Å². The molecule has 4 atom stereocenters. The predicted octanol–water partition coefficient (Wildman–Crippen LogP) is 16.5. The highest BCUT2D eigenvalue weighted by Gasteiger charge is 2.90. The van der Waals surface area contributed by atoms with Crippen molar-refractivity contribution >= 4 is 49.8 Å². The van der Waals surface area contributed by atoms with Gasteiger partial charge in [0.15, 0.2) is 0 Å². The fraction of sp³-hybridized carbons (Fsp3) is 0.246. The summed E-state index contributed by atoms with van der Waals surface area (Å²) in [4.78, 5) is 2.60. The average molecular weight is 812 g/mol. The summed E-state index contributed by atoms with van der Waals surface area (Å²) >= 11 is 0. The van der Waals surface area contributed by atoms with Crippen molar-refractivity contribution in [3.8, 4) is 33.4 Å². The third kappa shape index (κ3) is 4.36. The minimum Gasteiger partial charge on any atom is -0.455 e. The van der Waals surface area contributed by atoms with Crippen molar-refractivity contribution in [2.24, 2.45) is 29.1 Å². The molecule has 2 spiro atoms. The molecule has 1 heterocycles. The molecule has 304 valence electrons.